The predicted octanol–water partition coefficient (Wildman–Crippen LogP) is 1.65. The molecule has 3 heteroatoms. The van der Waals surface area contributed by atoms with Crippen molar-refractivity contribution < 1.29 is 4.84 Å². The first-order valence-corrected chi connectivity index (χ1v) is 2.51. The summed E-state index contributed by atoms with van der Waals surface area (Å²) in [4.78, 5) is 13.4. The fourth-order valence-corrected chi connectivity index (χ4v) is 0.308. The largest absolute Gasteiger partial charge is 0.360 e. The molecule has 3 nitrogen and oxygen atoms in total. The molecule has 46 valence electrons. The van der Waals surface area contributed by atoms with Gasteiger partial charge in [0.05, 0.1) is 0 Å². The summed E-state index contributed by atoms with van der Waals surface area (Å²) < 4.78 is 0. The summed E-state index contributed by atoms with van der Waals surface area (Å²) in [5.41, 5.74) is 0. The van der Waals surface area contributed by atoms with Crippen molar-refractivity contribution in [2.75, 3.05) is 6.61 Å². The van der Waals surface area contributed by atoms with Gasteiger partial charge in [-0.2, -0.15) is 0 Å². The Morgan fingerprint density at radius 3 is 2.88 bits per heavy atom. The third kappa shape index (κ3) is 5.14. The quantitative estimate of drug-likeness (QED) is 0.242. The molecular weight excluding hydrogens is 106 g/mol. The van der Waals surface area contributed by atoms with E-state index in [4.69, 9.17) is 0 Å². The minimum absolute atomic E-state index is 0.289. The van der Waals surface area contributed by atoms with Crippen LogP contribution in [0.4, 0.5) is 0 Å². The minimum atomic E-state index is 0.289. The molecule has 0 N–H and O–H groups in total. The minimum Gasteiger partial charge on any atom is -0.360 e. The maximum Gasteiger partial charge on any atom is 0.155 e. The maximum atomic E-state index is 9.26. The third-order valence-corrected chi connectivity index (χ3v) is 0.626. The van der Waals surface area contributed by atoms with Gasteiger partial charge in [-0.05, 0) is 12.5 Å². The molecule has 0 aliphatic heterocycles. The molecular formula is C5H9NO2. The zero-order valence-corrected chi connectivity index (χ0v) is 4.83. The van der Waals surface area contributed by atoms with Crippen LogP contribution in [0.1, 0.15) is 13.3 Å². The topological polar surface area (TPSA) is 38.7 Å². The zero-order chi connectivity index (χ0) is 6.24. The highest BCUT2D eigenvalue weighted by atomic mass is 16.7. The standard InChI is InChI=1S/C5H9NO2/c1-2-3-4-5-8-6-7/h3-4H,2,5H2,1H3/b4-3+. The molecule has 0 bridgehead atoms. The van der Waals surface area contributed by atoms with Crippen LogP contribution in [0.15, 0.2) is 17.5 Å². The monoisotopic (exact) mass is 115 g/mol. The lowest BCUT2D eigenvalue weighted by Crippen LogP contribution is -1.77. The number of rotatable bonds is 4. The van der Waals surface area contributed by atoms with Crippen LogP contribution >= 0.6 is 0 Å². The second kappa shape index (κ2) is 6.14. The Bertz CT molecular complexity index is 80.5. The summed E-state index contributed by atoms with van der Waals surface area (Å²) in [6, 6.07) is 0. The van der Waals surface area contributed by atoms with Gasteiger partial charge in [-0.15, -0.1) is 4.91 Å². The molecule has 0 aliphatic carbocycles. The summed E-state index contributed by atoms with van der Waals surface area (Å²) in [5.74, 6) is 0. The van der Waals surface area contributed by atoms with E-state index in [1.165, 1.54) is 0 Å². The molecule has 0 radical (unpaired) electrons. The Kier molecular flexibility index (Phi) is 5.48. The molecule has 0 fully saturated rings. The Hall–Kier alpha value is -0.860. The molecule has 0 unspecified atom stereocenters. The van der Waals surface area contributed by atoms with Crippen LogP contribution in [0.5, 0.6) is 0 Å². The molecule has 0 saturated heterocycles. The van der Waals surface area contributed by atoms with Crippen molar-refractivity contribution in [2.45, 2.75) is 13.3 Å². The van der Waals surface area contributed by atoms with Crippen LogP contribution in [0.2, 0.25) is 0 Å². The normalized spacial score (nSPS) is 9.62. The fourth-order valence-electron chi connectivity index (χ4n) is 0.308. The average Bonchev–Trinajstić information content (AvgIpc) is 1.81. The highest BCUT2D eigenvalue weighted by Crippen LogP contribution is 1.80. The number of allylic oxidation sites excluding steroid dienone is 1. The third-order valence-electron chi connectivity index (χ3n) is 0.626. The molecule has 0 spiro atoms. The summed E-state index contributed by atoms with van der Waals surface area (Å²) >= 11 is 0. The number of hydrogen-bond donors (Lipinski definition) is 0. The summed E-state index contributed by atoms with van der Waals surface area (Å²) in [5, 5.41) is 2.21. The molecule has 0 aromatic carbocycles. The molecule has 0 heterocycles. The van der Waals surface area contributed by atoms with E-state index >= 15 is 0 Å². The van der Waals surface area contributed by atoms with Crippen LogP contribution in [0.25, 0.3) is 0 Å². The van der Waals surface area contributed by atoms with Gasteiger partial charge in [0.2, 0.25) is 0 Å². The average molecular weight is 115 g/mol. The molecule has 0 aromatic heterocycles. The van der Waals surface area contributed by atoms with E-state index in [0.717, 1.165) is 6.42 Å². The lowest BCUT2D eigenvalue weighted by atomic mass is 10.4. The van der Waals surface area contributed by atoms with E-state index in [2.05, 4.69) is 10.2 Å². The summed E-state index contributed by atoms with van der Waals surface area (Å²) in [6.07, 6.45) is 4.62. The zero-order valence-electron chi connectivity index (χ0n) is 4.83. The molecule has 0 atom stereocenters. The molecule has 0 saturated carbocycles. The highest BCUT2D eigenvalue weighted by molar-refractivity contribution is 4.79. The van der Waals surface area contributed by atoms with Crippen molar-refractivity contribution in [1.82, 2.24) is 0 Å². The van der Waals surface area contributed by atoms with Crippen LogP contribution in [-0.4, -0.2) is 6.61 Å². The first kappa shape index (κ1) is 7.14. The van der Waals surface area contributed by atoms with Gasteiger partial charge in [-0.25, -0.2) is 0 Å². The van der Waals surface area contributed by atoms with Crippen molar-refractivity contribution >= 4 is 0 Å². The van der Waals surface area contributed by atoms with E-state index < -0.39 is 0 Å². The van der Waals surface area contributed by atoms with Gasteiger partial charge in [0.25, 0.3) is 0 Å². The molecule has 8 heavy (non-hydrogen) atoms. The summed E-state index contributed by atoms with van der Waals surface area (Å²) in [7, 11) is 0. The van der Waals surface area contributed by atoms with Crippen molar-refractivity contribution in [3.05, 3.63) is 17.1 Å². The van der Waals surface area contributed by atoms with E-state index in [9.17, 15) is 4.91 Å². The van der Waals surface area contributed by atoms with Crippen molar-refractivity contribution in [3.8, 4) is 0 Å². The Morgan fingerprint density at radius 1 is 1.62 bits per heavy atom. The van der Waals surface area contributed by atoms with Crippen LogP contribution in [0, 0.1) is 4.91 Å². The van der Waals surface area contributed by atoms with E-state index in [1.807, 2.05) is 13.0 Å². The summed E-state index contributed by atoms with van der Waals surface area (Å²) in [6.45, 7) is 2.29. The first-order valence-electron chi connectivity index (χ1n) is 2.51. The fraction of sp³-hybridized carbons (Fsp3) is 0.600. The van der Waals surface area contributed by atoms with Gasteiger partial charge in [0.15, 0.2) is 5.34 Å². The molecule has 0 aliphatic rings. The van der Waals surface area contributed by atoms with Crippen LogP contribution < -0.4 is 0 Å². The smallest absolute Gasteiger partial charge is 0.155 e. The lowest BCUT2D eigenvalue weighted by molar-refractivity contribution is 0.169. The molecule has 0 amide bonds. The van der Waals surface area contributed by atoms with Crippen LogP contribution in [-0.2, 0) is 4.84 Å². The van der Waals surface area contributed by atoms with Crippen molar-refractivity contribution in [2.24, 2.45) is 5.34 Å². The Morgan fingerprint density at radius 2 is 2.38 bits per heavy atom. The van der Waals surface area contributed by atoms with Crippen molar-refractivity contribution in [3.63, 3.8) is 0 Å². The van der Waals surface area contributed by atoms with Gasteiger partial charge in [0, 0.05) is 0 Å². The van der Waals surface area contributed by atoms with E-state index in [1.54, 1.807) is 6.08 Å². The highest BCUT2D eigenvalue weighted by Gasteiger charge is 1.72. The van der Waals surface area contributed by atoms with Gasteiger partial charge in [-0.1, -0.05) is 13.0 Å². The SMILES string of the molecule is CC/C=C/CON=O. The van der Waals surface area contributed by atoms with Gasteiger partial charge >= 0.3 is 0 Å². The van der Waals surface area contributed by atoms with Crippen LogP contribution in [0.3, 0.4) is 0 Å². The first-order chi connectivity index (χ1) is 3.91. The second-order valence-corrected chi connectivity index (χ2v) is 1.25. The Labute approximate surface area is 48.3 Å². The van der Waals surface area contributed by atoms with Gasteiger partial charge in [-0.3, -0.25) is 0 Å². The number of nitrogens with zero attached hydrogens (tertiary/aromatic N) is 1. The van der Waals surface area contributed by atoms with E-state index in [0.29, 0.717) is 0 Å². The van der Waals surface area contributed by atoms with Gasteiger partial charge < -0.3 is 4.84 Å². The van der Waals surface area contributed by atoms with Crippen molar-refractivity contribution in [1.29, 1.82) is 0 Å². The maximum absolute atomic E-state index is 9.26. The van der Waals surface area contributed by atoms with Gasteiger partial charge in [0.1, 0.15) is 6.61 Å². The predicted molar refractivity (Wildman–Crippen MR) is 31.2 cm³/mol. The number of hydrogen-bond acceptors (Lipinski definition) is 3. The molecule has 0 rings (SSSR count). The molecule has 0 aromatic rings. The van der Waals surface area contributed by atoms with E-state index in [-0.39, 0.29) is 6.61 Å². The lowest BCUT2D eigenvalue weighted by Gasteiger charge is -1.82. The second-order valence-electron chi connectivity index (χ2n) is 1.25. The Balaban J connectivity index is 2.90.